The fourth-order valence-corrected chi connectivity index (χ4v) is 4.18. The zero-order valence-electron chi connectivity index (χ0n) is 16.2. The zero-order valence-corrected chi connectivity index (χ0v) is 17.0. The normalized spacial score (nSPS) is 16.0. The Kier molecular flexibility index (Phi) is 6.44. The van der Waals surface area contributed by atoms with Crippen LogP contribution in [-0.4, -0.2) is 33.9 Å². The van der Waals surface area contributed by atoms with Gasteiger partial charge in [0.2, 0.25) is 5.91 Å². The third-order valence-electron chi connectivity index (χ3n) is 4.84. The van der Waals surface area contributed by atoms with Crippen molar-refractivity contribution in [3.8, 4) is 11.3 Å². The van der Waals surface area contributed by atoms with Gasteiger partial charge < -0.3 is 14.6 Å². The van der Waals surface area contributed by atoms with E-state index in [1.165, 1.54) is 17.8 Å². The van der Waals surface area contributed by atoms with Gasteiger partial charge in [0.15, 0.2) is 5.16 Å². The lowest BCUT2D eigenvalue weighted by atomic mass is 10.1. The first-order valence-corrected chi connectivity index (χ1v) is 10.7. The number of aromatic nitrogens is 2. The number of hydrogen-bond acceptors (Lipinski definition) is 4. The number of imidazole rings is 1. The SMILES string of the molecule is O=C(CSc1ncc(-c2ccccc2)n1CC1CCCO1)Nc1ccc(F)cc1F. The standard InChI is InChI=1S/C22H21F2N3O2S/c23-16-8-9-19(18(24)11-16)26-21(28)14-30-22-25-12-20(15-5-2-1-3-6-15)27(22)13-17-7-4-10-29-17/h1-3,5-6,8-9,11-12,17H,4,7,10,13-14H2,(H,26,28). The van der Waals surface area contributed by atoms with Gasteiger partial charge in [-0.15, -0.1) is 0 Å². The molecule has 30 heavy (non-hydrogen) atoms. The molecular formula is C22H21F2N3O2S. The predicted molar refractivity (Wildman–Crippen MR) is 112 cm³/mol. The molecule has 1 saturated heterocycles. The molecule has 0 spiro atoms. The second-order valence-electron chi connectivity index (χ2n) is 7.00. The number of nitrogens with zero attached hydrogens (tertiary/aromatic N) is 2. The number of rotatable bonds is 7. The van der Waals surface area contributed by atoms with Crippen LogP contribution in [0.25, 0.3) is 11.3 Å². The van der Waals surface area contributed by atoms with Crippen molar-refractivity contribution in [2.45, 2.75) is 30.6 Å². The molecule has 4 rings (SSSR count). The lowest BCUT2D eigenvalue weighted by Gasteiger charge is -2.16. The van der Waals surface area contributed by atoms with Crippen molar-refractivity contribution in [3.63, 3.8) is 0 Å². The third kappa shape index (κ3) is 4.88. The van der Waals surface area contributed by atoms with Crippen LogP contribution in [0.5, 0.6) is 0 Å². The van der Waals surface area contributed by atoms with Crippen LogP contribution in [-0.2, 0) is 16.1 Å². The van der Waals surface area contributed by atoms with Crippen LogP contribution < -0.4 is 5.32 Å². The van der Waals surface area contributed by atoms with Gasteiger partial charge in [-0.2, -0.15) is 0 Å². The van der Waals surface area contributed by atoms with E-state index in [0.717, 1.165) is 42.8 Å². The van der Waals surface area contributed by atoms with Gasteiger partial charge in [0.1, 0.15) is 11.6 Å². The Morgan fingerprint density at radius 1 is 1.23 bits per heavy atom. The lowest BCUT2D eigenvalue weighted by Crippen LogP contribution is -2.18. The lowest BCUT2D eigenvalue weighted by molar-refractivity contribution is -0.113. The highest BCUT2D eigenvalue weighted by molar-refractivity contribution is 7.99. The monoisotopic (exact) mass is 429 g/mol. The number of hydrogen-bond donors (Lipinski definition) is 1. The fraction of sp³-hybridized carbons (Fsp3) is 0.273. The molecule has 0 bridgehead atoms. The van der Waals surface area contributed by atoms with E-state index in [9.17, 15) is 13.6 Å². The average molecular weight is 429 g/mol. The molecule has 0 aliphatic carbocycles. The predicted octanol–water partition coefficient (Wildman–Crippen LogP) is 4.74. The minimum atomic E-state index is -0.806. The molecule has 2 heterocycles. The highest BCUT2D eigenvalue weighted by Crippen LogP contribution is 2.28. The molecule has 1 amide bonds. The van der Waals surface area contributed by atoms with Gasteiger partial charge >= 0.3 is 0 Å². The second kappa shape index (κ2) is 9.40. The first-order valence-electron chi connectivity index (χ1n) is 9.70. The number of thioether (sulfide) groups is 1. The molecule has 1 aromatic heterocycles. The number of amides is 1. The van der Waals surface area contributed by atoms with Crippen molar-refractivity contribution in [3.05, 3.63) is 66.4 Å². The largest absolute Gasteiger partial charge is 0.376 e. The molecule has 1 unspecified atom stereocenters. The summed E-state index contributed by atoms with van der Waals surface area (Å²) in [6, 6.07) is 13.0. The van der Waals surface area contributed by atoms with E-state index in [0.29, 0.717) is 11.7 Å². The summed E-state index contributed by atoms with van der Waals surface area (Å²) in [4.78, 5) is 16.8. The fourth-order valence-electron chi connectivity index (χ4n) is 3.39. The van der Waals surface area contributed by atoms with E-state index in [4.69, 9.17) is 4.74 Å². The highest BCUT2D eigenvalue weighted by Gasteiger charge is 2.21. The topological polar surface area (TPSA) is 56.2 Å². The van der Waals surface area contributed by atoms with Gasteiger partial charge in [-0.1, -0.05) is 42.1 Å². The summed E-state index contributed by atoms with van der Waals surface area (Å²) in [5, 5.41) is 3.17. The Hall–Kier alpha value is -2.71. The van der Waals surface area contributed by atoms with E-state index >= 15 is 0 Å². The summed E-state index contributed by atoms with van der Waals surface area (Å²) >= 11 is 1.27. The number of halogens is 2. The van der Waals surface area contributed by atoms with Crippen LogP contribution in [0.3, 0.4) is 0 Å². The first-order chi connectivity index (χ1) is 14.6. The van der Waals surface area contributed by atoms with E-state index in [1.807, 2.05) is 30.3 Å². The summed E-state index contributed by atoms with van der Waals surface area (Å²) in [6.45, 7) is 1.41. The van der Waals surface area contributed by atoms with Crippen LogP contribution in [0, 0.1) is 11.6 Å². The molecule has 156 valence electrons. The minimum Gasteiger partial charge on any atom is -0.376 e. The number of ether oxygens (including phenoxy) is 1. The molecule has 5 nitrogen and oxygen atoms in total. The van der Waals surface area contributed by atoms with Gasteiger partial charge in [0, 0.05) is 12.7 Å². The highest BCUT2D eigenvalue weighted by atomic mass is 32.2. The molecule has 1 aliphatic rings. The summed E-state index contributed by atoms with van der Waals surface area (Å²) < 4.78 is 34.7. The first kappa shape index (κ1) is 20.6. The van der Waals surface area contributed by atoms with Gasteiger partial charge in [0.25, 0.3) is 0 Å². The van der Waals surface area contributed by atoms with Crippen molar-refractivity contribution >= 4 is 23.4 Å². The second-order valence-corrected chi connectivity index (χ2v) is 7.94. The van der Waals surface area contributed by atoms with Gasteiger partial charge in [-0.3, -0.25) is 4.79 Å². The number of carbonyl (C=O) groups is 1. The van der Waals surface area contributed by atoms with Crippen molar-refractivity contribution in [2.24, 2.45) is 0 Å². The van der Waals surface area contributed by atoms with Gasteiger partial charge in [-0.05, 0) is 30.5 Å². The quantitative estimate of drug-likeness (QED) is 0.552. The number of anilines is 1. The van der Waals surface area contributed by atoms with Crippen LogP contribution in [0.4, 0.5) is 14.5 Å². The number of nitrogens with one attached hydrogen (secondary N) is 1. The van der Waals surface area contributed by atoms with E-state index < -0.39 is 17.5 Å². The molecule has 3 aromatic rings. The summed E-state index contributed by atoms with van der Waals surface area (Å²) in [5.41, 5.74) is 1.95. The van der Waals surface area contributed by atoms with Gasteiger partial charge in [0.05, 0.1) is 36.0 Å². The number of benzene rings is 2. The maximum Gasteiger partial charge on any atom is 0.234 e. The van der Waals surface area contributed by atoms with Crippen LogP contribution >= 0.6 is 11.8 Å². The third-order valence-corrected chi connectivity index (χ3v) is 5.83. The Labute approximate surface area is 177 Å². The minimum absolute atomic E-state index is 0.0466. The van der Waals surface area contributed by atoms with Crippen molar-refractivity contribution in [2.75, 3.05) is 17.7 Å². The smallest absolute Gasteiger partial charge is 0.234 e. The Balaban J connectivity index is 1.48. The number of carbonyl (C=O) groups excluding carboxylic acids is 1. The molecule has 0 radical (unpaired) electrons. The molecular weight excluding hydrogens is 408 g/mol. The zero-order chi connectivity index (χ0) is 20.9. The molecule has 1 atom stereocenters. The van der Waals surface area contributed by atoms with Crippen molar-refractivity contribution in [1.82, 2.24) is 9.55 Å². The molecule has 1 N–H and O–H groups in total. The van der Waals surface area contributed by atoms with Crippen LogP contribution in [0.15, 0.2) is 59.9 Å². The summed E-state index contributed by atoms with van der Waals surface area (Å²) in [7, 11) is 0. The average Bonchev–Trinajstić information content (AvgIpc) is 3.40. The maximum atomic E-state index is 13.8. The Morgan fingerprint density at radius 3 is 2.80 bits per heavy atom. The van der Waals surface area contributed by atoms with Crippen molar-refractivity contribution < 1.29 is 18.3 Å². The van der Waals surface area contributed by atoms with Crippen LogP contribution in [0.2, 0.25) is 0 Å². The molecule has 1 aliphatic heterocycles. The Bertz CT molecular complexity index is 1020. The Morgan fingerprint density at radius 2 is 2.07 bits per heavy atom. The van der Waals surface area contributed by atoms with Crippen LogP contribution in [0.1, 0.15) is 12.8 Å². The molecule has 1 fully saturated rings. The van der Waals surface area contributed by atoms with E-state index in [1.54, 1.807) is 6.20 Å². The molecule has 0 saturated carbocycles. The maximum absolute atomic E-state index is 13.8. The van der Waals surface area contributed by atoms with E-state index in [-0.39, 0.29) is 17.5 Å². The molecule has 8 heteroatoms. The summed E-state index contributed by atoms with van der Waals surface area (Å²) in [6.07, 6.45) is 3.93. The van der Waals surface area contributed by atoms with Gasteiger partial charge in [-0.25, -0.2) is 13.8 Å². The molecule has 2 aromatic carbocycles. The van der Waals surface area contributed by atoms with Crippen molar-refractivity contribution in [1.29, 1.82) is 0 Å². The summed E-state index contributed by atoms with van der Waals surface area (Å²) in [5.74, 6) is -1.84. The van der Waals surface area contributed by atoms with E-state index in [2.05, 4.69) is 14.9 Å².